The van der Waals surface area contributed by atoms with Crippen molar-refractivity contribution in [1.82, 2.24) is 9.78 Å². The molecule has 0 aliphatic heterocycles. The first kappa shape index (κ1) is 14.8. The van der Waals surface area contributed by atoms with Crippen molar-refractivity contribution in [2.24, 2.45) is 5.92 Å². The zero-order valence-corrected chi connectivity index (χ0v) is 13.2. The standard InChI is InChI=1S/C15H14BrN3O3/c16-10-3-1-2-9(6-10)11-7-12(11)15(22)17-13-4-5-19(18-13)8-14(20)21/h1-6,11-12H,7-8H2,(H,20,21)(H,17,18,22). The number of anilines is 1. The lowest BCUT2D eigenvalue weighted by Gasteiger charge is -2.03. The number of aliphatic carboxylic acids is 1. The van der Waals surface area contributed by atoms with Gasteiger partial charge in [0, 0.05) is 22.7 Å². The maximum Gasteiger partial charge on any atom is 0.325 e. The van der Waals surface area contributed by atoms with E-state index in [2.05, 4.69) is 26.3 Å². The summed E-state index contributed by atoms with van der Waals surface area (Å²) in [7, 11) is 0. The van der Waals surface area contributed by atoms with Crippen molar-refractivity contribution >= 4 is 33.6 Å². The van der Waals surface area contributed by atoms with Gasteiger partial charge in [-0.15, -0.1) is 0 Å². The van der Waals surface area contributed by atoms with Crippen molar-refractivity contribution < 1.29 is 14.7 Å². The molecular formula is C15H14BrN3O3. The summed E-state index contributed by atoms with van der Waals surface area (Å²) in [6.07, 6.45) is 2.35. The molecule has 114 valence electrons. The molecule has 1 aromatic carbocycles. The Balaban J connectivity index is 1.59. The second-order valence-corrected chi connectivity index (χ2v) is 6.20. The Labute approximate surface area is 135 Å². The smallest absolute Gasteiger partial charge is 0.325 e. The average molecular weight is 364 g/mol. The number of nitrogens with one attached hydrogen (secondary N) is 1. The molecular weight excluding hydrogens is 350 g/mol. The minimum Gasteiger partial charge on any atom is -0.480 e. The Morgan fingerprint density at radius 1 is 1.41 bits per heavy atom. The van der Waals surface area contributed by atoms with Crippen LogP contribution in [0.2, 0.25) is 0 Å². The van der Waals surface area contributed by atoms with Crippen LogP contribution in [0.4, 0.5) is 5.82 Å². The Morgan fingerprint density at radius 2 is 2.23 bits per heavy atom. The number of nitrogens with zero attached hydrogens (tertiary/aromatic N) is 2. The second-order valence-electron chi connectivity index (χ2n) is 5.29. The van der Waals surface area contributed by atoms with Gasteiger partial charge in [-0.3, -0.25) is 14.3 Å². The Kier molecular flexibility index (Phi) is 3.98. The molecule has 1 heterocycles. The van der Waals surface area contributed by atoms with Crippen LogP contribution in [0.1, 0.15) is 17.9 Å². The third-order valence-electron chi connectivity index (χ3n) is 3.59. The molecule has 2 aromatic rings. The summed E-state index contributed by atoms with van der Waals surface area (Å²) < 4.78 is 2.28. The zero-order valence-electron chi connectivity index (χ0n) is 11.6. The predicted octanol–water partition coefficient (Wildman–Crippen LogP) is 2.47. The molecule has 0 spiro atoms. The SMILES string of the molecule is O=C(O)Cn1ccc(NC(=O)C2CC2c2cccc(Br)c2)n1. The number of benzene rings is 1. The fraction of sp³-hybridized carbons (Fsp3) is 0.267. The number of carboxylic acids is 1. The molecule has 1 amide bonds. The van der Waals surface area contributed by atoms with Gasteiger partial charge in [0.2, 0.25) is 5.91 Å². The van der Waals surface area contributed by atoms with Gasteiger partial charge in [-0.1, -0.05) is 28.1 Å². The van der Waals surface area contributed by atoms with Crippen molar-refractivity contribution in [3.8, 4) is 0 Å². The van der Waals surface area contributed by atoms with E-state index in [1.807, 2.05) is 24.3 Å². The Bertz CT molecular complexity index is 728. The third-order valence-corrected chi connectivity index (χ3v) is 4.09. The maximum absolute atomic E-state index is 12.2. The van der Waals surface area contributed by atoms with Gasteiger partial charge in [-0.2, -0.15) is 5.10 Å². The number of rotatable bonds is 5. The van der Waals surface area contributed by atoms with Gasteiger partial charge in [-0.05, 0) is 30.0 Å². The van der Waals surface area contributed by atoms with Crippen LogP contribution in [0.25, 0.3) is 0 Å². The number of carboxylic acid groups (broad SMARTS) is 1. The molecule has 22 heavy (non-hydrogen) atoms. The van der Waals surface area contributed by atoms with Crippen LogP contribution in [0, 0.1) is 5.92 Å². The molecule has 1 aromatic heterocycles. The summed E-state index contributed by atoms with van der Waals surface area (Å²) in [5.41, 5.74) is 1.14. The summed E-state index contributed by atoms with van der Waals surface area (Å²) in [5.74, 6) is -0.493. The third kappa shape index (κ3) is 3.36. The first-order chi connectivity index (χ1) is 10.5. The summed E-state index contributed by atoms with van der Waals surface area (Å²) in [4.78, 5) is 22.8. The van der Waals surface area contributed by atoms with Crippen LogP contribution in [0.3, 0.4) is 0 Å². The largest absolute Gasteiger partial charge is 0.480 e. The van der Waals surface area contributed by atoms with Crippen LogP contribution >= 0.6 is 15.9 Å². The highest BCUT2D eigenvalue weighted by molar-refractivity contribution is 9.10. The molecule has 2 N–H and O–H groups in total. The minimum absolute atomic E-state index is 0.0566. The van der Waals surface area contributed by atoms with Crippen LogP contribution in [-0.4, -0.2) is 26.8 Å². The summed E-state index contributed by atoms with van der Waals surface area (Å²) in [6.45, 7) is -0.222. The van der Waals surface area contributed by atoms with E-state index in [0.29, 0.717) is 5.82 Å². The topological polar surface area (TPSA) is 84.2 Å². The number of amides is 1. The zero-order chi connectivity index (χ0) is 15.7. The minimum atomic E-state index is -0.974. The molecule has 1 aliphatic rings. The summed E-state index contributed by atoms with van der Waals surface area (Å²) in [6, 6.07) is 9.55. The number of carbonyl (C=O) groups excluding carboxylic acids is 1. The second kappa shape index (κ2) is 5.92. The lowest BCUT2D eigenvalue weighted by Crippen LogP contribution is -2.16. The Hall–Kier alpha value is -2.15. The van der Waals surface area contributed by atoms with E-state index in [1.165, 1.54) is 10.9 Å². The monoisotopic (exact) mass is 363 g/mol. The molecule has 1 aliphatic carbocycles. The van der Waals surface area contributed by atoms with E-state index in [0.717, 1.165) is 16.5 Å². The number of halogens is 1. The molecule has 0 bridgehead atoms. The summed E-state index contributed by atoms with van der Waals surface area (Å²) >= 11 is 3.43. The summed E-state index contributed by atoms with van der Waals surface area (Å²) in [5, 5.41) is 15.4. The fourth-order valence-electron chi connectivity index (χ4n) is 2.46. The Morgan fingerprint density at radius 3 is 2.95 bits per heavy atom. The van der Waals surface area contributed by atoms with Crippen molar-refractivity contribution in [1.29, 1.82) is 0 Å². The average Bonchev–Trinajstić information content (AvgIpc) is 3.15. The fourth-order valence-corrected chi connectivity index (χ4v) is 2.88. The van der Waals surface area contributed by atoms with E-state index in [1.54, 1.807) is 6.07 Å². The molecule has 1 fully saturated rings. The lowest BCUT2D eigenvalue weighted by atomic mass is 10.1. The number of carbonyl (C=O) groups is 2. The van der Waals surface area contributed by atoms with Crippen LogP contribution in [0.5, 0.6) is 0 Å². The molecule has 0 radical (unpaired) electrons. The van der Waals surface area contributed by atoms with Crippen molar-refractivity contribution in [2.75, 3.05) is 5.32 Å². The van der Waals surface area contributed by atoms with E-state index in [9.17, 15) is 9.59 Å². The van der Waals surface area contributed by atoms with Crippen LogP contribution in [0.15, 0.2) is 41.0 Å². The van der Waals surface area contributed by atoms with Crippen LogP contribution in [-0.2, 0) is 16.1 Å². The lowest BCUT2D eigenvalue weighted by molar-refractivity contribution is -0.137. The predicted molar refractivity (Wildman–Crippen MR) is 83.5 cm³/mol. The van der Waals surface area contributed by atoms with Gasteiger partial charge in [0.05, 0.1) is 0 Å². The quantitative estimate of drug-likeness (QED) is 0.854. The molecule has 2 atom stereocenters. The number of hydrogen-bond donors (Lipinski definition) is 2. The van der Waals surface area contributed by atoms with Crippen LogP contribution < -0.4 is 5.32 Å². The van der Waals surface area contributed by atoms with Gasteiger partial charge in [0.15, 0.2) is 5.82 Å². The first-order valence-electron chi connectivity index (χ1n) is 6.84. The highest BCUT2D eigenvalue weighted by atomic mass is 79.9. The van der Waals surface area contributed by atoms with E-state index in [-0.39, 0.29) is 24.3 Å². The number of aromatic nitrogens is 2. The molecule has 7 heteroatoms. The highest BCUT2D eigenvalue weighted by Gasteiger charge is 2.44. The van der Waals surface area contributed by atoms with Crippen molar-refractivity contribution in [3.63, 3.8) is 0 Å². The molecule has 6 nitrogen and oxygen atoms in total. The normalized spacial score (nSPS) is 19.7. The van der Waals surface area contributed by atoms with Gasteiger partial charge >= 0.3 is 5.97 Å². The van der Waals surface area contributed by atoms with E-state index >= 15 is 0 Å². The maximum atomic E-state index is 12.2. The van der Waals surface area contributed by atoms with E-state index < -0.39 is 5.97 Å². The molecule has 0 saturated heterocycles. The van der Waals surface area contributed by atoms with Gasteiger partial charge in [0.25, 0.3) is 0 Å². The highest BCUT2D eigenvalue weighted by Crippen LogP contribution is 2.48. The van der Waals surface area contributed by atoms with Gasteiger partial charge in [-0.25, -0.2) is 0 Å². The van der Waals surface area contributed by atoms with Crippen molar-refractivity contribution in [3.05, 3.63) is 46.6 Å². The molecule has 3 rings (SSSR count). The van der Waals surface area contributed by atoms with Gasteiger partial charge in [0.1, 0.15) is 6.54 Å². The number of hydrogen-bond acceptors (Lipinski definition) is 3. The van der Waals surface area contributed by atoms with Crippen molar-refractivity contribution in [2.45, 2.75) is 18.9 Å². The molecule has 2 unspecified atom stereocenters. The molecule has 1 saturated carbocycles. The van der Waals surface area contributed by atoms with E-state index in [4.69, 9.17) is 5.11 Å². The first-order valence-corrected chi connectivity index (χ1v) is 7.64. The van der Waals surface area contributed by atoms with Gasteiger partial charge < -0.3 is 10.4 Å².